The maximum Gasteiger partial charge on any atom is 0.251 e. The summed E-state index contributed by atoms with van der Waals surface area (Å²) in [6.07, 6.45) is 1.94. The van der Waals surface area contributed by atoms with Gasteiger partial charge in [-0.1, -0.05) is 12.1 Å². The second kappa shape index (κ2) is 7.98. The lowest BCUT2D eigenvalue weighted by atomic mass is 10.2. The van der Waals surface area contributed by atoms with Crippen molar-refractivity contribution in [1.82, 2.24) is 10.0 Å². The maximum absolute atomic E-state index is 12.6. The molecule has 0 saturated heterocycles. The van der Waals surface area contributed by atoms with Crippen molar-refractivity contribution in [2.75, 3.05) is 14.2 Å². The Morgan fingerprint density at radius 1 is 1.07 bits per heavy atom. The molecule has 2 N–H and O–H groups in total. The summed E-state index contributed by atoms with van der Waals surface area (Å²) in [6.45, 7) is 0.0845. The van der Waals surface area contributed by atoms with E-state index in [2.05, 4.69) is 10.0 Å². The van der Waals surface area contributed by atoms with E-state index in [9.17, 15) is 13.2 Å². The van der Waals surface area contributed by atoms with Crippen LogP contribution < -0.4 is 19.5 Å². The van der Waals surface area contributed by atoms with E-state index < -0.39 is 10.0 Å². The zero-order valence-electron chi connectivity index (χ0n) is 15.2. The molecule has 1 aliphatic rings. The van der Waals surface area contributed by atoms with Gasteiger partial charge in [0.2, 0.25) is 10.0 Å². The molecule has 3 rings (SSSR count). The molecule has 0 unspecified atom stereocenters. The third kappa shape index (κ3) is 4.78. The third-order valence-electron chi connectivity index (χ3n) is 4.23. The van der Waals surface area contributed by atoms with Gasteiger partial charge in [0.25, 0.3) is 5.91 Å². The van der Waals surface area contributed by atoms with Gasteiger partial charge in [-0.05, 0) is 48.7 Å². The number of carbonyl (C=O) groups excluding carboxylic acids is 1. The second-order valence-corrected chi connectivity index (χ2v) is 8.06. The average molecular weight is 390 g/mol. The number of ether oxygens (including phenoxy) is 2. The van der Waals surface area contributed by atoms with Crippen LogP contribution in [-0.2, 0) is 16.6 Å². The molecule has 0 radical (unpaired) electrons. The van der Waals surface area contributed by atoms with E-state index in [1.807, 2.05) is 0 Å². The van der Waals surface area contributed by atoms with Gasteiger partial charge in [-0.3, -0.25) is 4.79 Å². The first-order valence-electron chi connectivity index (χ1n) is 8.54. The Kier molecular flexibility index (Phi) is 5.67. The number of benzene rings is 2. The first-order valence-corrected chi connectivity index (χ1v) is 10.0. The first-order chi connectivity index (χ1) is 12.9. The van der Waals surface area contributed by atoms with Crippen LogP contribution in [0.25, 0.3) is 0 Å². The molecule has 0 aromatic heterocycles. The van der Waals surface area contributed by atoms with E-state index in [1.165, 1.54) is 26.4 Å². The monoisotopic (exact) mass is 390 g/mol. The molecule has 0 aliphatic heterocycles. The number of nitrogens with one attached hydrogen (secondary N) is 2. The fraction of sp³-hybridized carbons (Fsp3) is 0.316. The predicted molar refractivity (Wildman–Crippen MR) is 101 cm³/mol. The minimum absolute atomic E-state index is 0.0476. The maximum atomic E-state index is 12.6. The Balaban J connectivity index is 1.72. The van der Waals surface area contributed by atoms with E-state index in [1.54, 1.807) is 30.3 Å². The SMILES string of the molecule is COc1ccc(CNS(=O)(=O)c2cccc(C(=O)NC3CC3)c2)cc1OC. The van der Waals surface area contributed by atoms with Gasteiger partial charge in [0, 0.05) is 18.2 Å². The van der Waals surface area contributed by atoms with Crippen molar-refractivity contribution >= 4 is 15.9 Å². The smallest absolute Gasteiger partial charge is 0.251 e. The van der Waals surface area contributed by atoms with Crippen LogP contribution in [0.15, 0.2) is 47.4 Å². The highest BCUT2D eigenvalue weighted by Gasteiger charge is 2.24. The van der Waals surface area contributed by atoms with E-state index in [4.69, 9.17) is 9.47 Å². The van der Waals surface area contributed by atoms with Crippen LogP contribution in [0.4, 0.5) is 0 Å². The van der Waals surface area contributed by atoms with Gasteiger partial charge < -0.3 is 14.8 Å². The first kappa shape index (κ1) is 19.2. The molecule has 8 heteroatoms. The molecule has 1 amide bonds. The molecular weight excluding hydrogens is 368 g/mol. The van der Waals surface area contributed by atoms with Crippen LogP contribution in [0.2, 0.25) is 0 Å². The number of carbonyl (C=O) groups is 1. The van der Waals surface area contributed by atoms with E-state index in [0.717, 1.165) is 18.4 Å². The zero-order valence-corrected chi connectivity index (χ0v) is 16.0. The summed E-state index contributed by atoms with van der Waals surface area (Å²) in [4.78, 5) is 12.2. The van der Waals surface area contributed by atoms with Gasteiger partial charge in [-0.15, -0.1) is 0 Å². The Hall–Kier alpha value is -2.58. The largest absolute Gasteiger partial charge is 0.493 e. The Morgan fingerprint density at radius 2 is 1.81 bits per heavy atom. The molecule has 2 aromatic carbocycles. The highest BCUT2D eigenvalue weighted by atomic mass is 32.2. The summed E-state index contributed by atoms with van der Waals surface area (Å²) >= 11 is 0. The molecule has 7 nitrogen and oxygen atoms in total. The van der Waals surface area contributed by atoms with Crippen molar-refractivity contribution in [2.45, 2.75) is 30.3 Å². The fourth-order valence-corrected chi connectivity index (χ4v) is 3.62. The van der Waals surface area contributed by atoms with Gasteiger partial charge in [-0.2, -0.15) is 0 Å². The molecule has 1 aliphatic carbocycles. The van der Waals surface area contributed by atoms with Crippen LogP contribution in [0.5, 0.6) is 11.5 Å². The standard InChI is InChI=1S/C19H22N2O5S/c1-25-17-9-6-13(10-18(17)26-2)12-20-27(23,24)16-5-3-4-14(11-16)19(22)21-15-7-8-15/h3-6,9-11,15,20H,7-8,12H2,1-2H3,(H,21,22). The van der Waals surface area contributed by atoms with Crippen molar-refractivity contribution in [3.8, 4) is 11.5 Å². The van der Waals surface area contributed by atoms with Gasteiger partial charge in [-0.25, -0.2) is 13.1 Å². The molecule has 2 aromatic rings. The van der Waals surface area contributed by atoms with Crippen LogP contribution in [-0.4, -0.2) is 34.6 Å². The van der Waals surface area contributed by atoms with Crippen molar-refractivity contribution in [3.63, 3.8) is 0 Å². The molecule has 0 atom stereocenters. The number of amides is 1. The molecule has 144 valence electrons. The predicted octanol–water partition coefficient (Wildman–Crippen LogP) is 2.07. The average Bonchev–Trinajstić information content (AvgIpc) is 3.50. The van der Waals surface area contributed by atoms with E-state index >= 15 is 0 Å². The number of hydrogen-bond donors (Lipinski definition) is 2. The minimum Gasteiger partial charge on any atom is -0.493 e. The summed E-state index contributed by atoms with van der Waals surface area (Å²) < 4.78 is 38.1. The van der Waals surface area contributed by atoms with E-state index in [0.29, 0.717) is 17.1 Å². The molecule has 1 saturated carbocycles. The topological polar surface area (TPSA) is 93.7 Å². The molecular formula is C19H22N2O5S. The van der Waals surface area contributed by atoms with Crippen LogP contribution >= 0.6 is 0 Å². The number of hydrogen-bond acceptors (Lipinski definition) is 5. The summed E-state index contributed by atoms with van der Waals surface area (Å²) in [5.74, 6) is 0.834. The highest BCUT2D eigenvalue weighted by molar-refractivity contribution is 7.89. The Bertz CT molecular complexity index is 939. The van der Waals surface area contributed by atoms with Crippen LogP contribution in [0.3, 0.4) is 0 Å². The zero-order chi connectivity index (χ0) is 19.4. The lowest BCUT2D eigenvalue weighted by Gasteiger charge is -2.11. The number of rotatable bonds is 8. The van der Waals surface area contributed by atoms with Crippen LogP contribution in [0.1, 0.15) is 28.8 Å². The van der Waals surface area contributed by atoms with Crippen LogP contribution in [0, 0.1) is 0 Å². The van der Waals surface area contributed by atoms with Crippen molar-refractivity contribution in [3.05, 3.63) is 53.6 Å². The minimum atomic E-state index is -3.76. The van der Waals surface area contributed by atoms with Crippen molar-refractivity contribution in [1.29, 1.82) is 0 Å². The van der Waals surface area contributed by atoms with Gasteiger partial charge in [0.1, 0.15) is 0 Å². The second-order valence-electron chi connectivity index (χ2n) is 6.29. The molecule has 0 bridgehead atoms. The van der Waals surface area contributed by atoms with Gasteiger partial charge in [0.15, 0.2) is 11.5 Å². The lowest BCUT2D eigenvalue weighted by Crippen LogP contribution is -2.26. The van der Waals surface area contributed by atoms with E-state index in [-0.39, 0.29) is 23.4 Å². The Morgan fingerprint density at radius 3 is 2.48 bits per heavy atom. The number of sulfonamides is 1. The lowest BCUT2D eigenvalue weighted by molar-refractivity contribution is 0.0951. The fourth-order valence-electron chi connectivity index (χ4n) is 2.55. The molecule has 0 spiro atoms. The summed E-state index contributed by atoms with van der Waals surface area (Å²) in [5.41, 5.74) is 1.05. The summed E-state index contributed by atoms with van der Waals surface area (Å²) in [5, 5.41) is 2.85. The highest BCUT2D eigenvalue weighted by Crippen LogP contribution is 2.27. The Labute approximate surface area is 158 Å². The normalized spacial score (nSPS) is 13.9. The van der Waals surface area contributed by atoms with Crippen molar-refractivity contribution < 1.29 is 22.7 Å². The molecule has 0 heterocycles. The van der Waals surface area contributed by atoms with Gasteiger partial charge >= 0.3 is 0 Å². The summed E-state index contributed by atoms with van der Waals surface area (Å²) in [6, 6.07) is 11.4. The number of methoxy groups -OCH3 is 2. The van der Waals surface area contributed by atoms with Crippen molar-refractivity contribution in [2.24, 2.45) is 0 Å². The third-order valence-corrected chi connectivity index (χ3v) is 5.63. The quantitative estimate of drug-likeness (QED) is 0.720. The molecule has 1 fully saturated rings. The molecule has 27 heavy (non-hydrogen) atoms. The summed E-state index contributed by atoms with van der Waals surface area (Å²) in [7, 11) is -0.712. The van der Waals surface area contributed by atoms with Gasteiger partial charge in [0.05, 0.1) is 19.1 Å².